The molecule has 0 fully saturated rings. The standard InChI is InChI=1S/C25H19Cl3F9NOS/c1-22(2,21(40)38-11-23(29,30)31)10-19(39)14-5-3-12(7-16(14)25(35,36)37)4-6-15(24(32,33)34)13-8-17(26)20(28)18(27)9-13/h3-9,15H,10-11H2,1-2H3,(H,38,40)/b6-4+. The fraction of sp³-hybridized carbons (Fsp3) is 0.360. The zero-order chi connectivity index (χ0) is 30.8. The van der Waals surface area contributed by atoms with Gasteiger partial charge in [0.2, 0.25) is 0 Å². The first-order valence-electron chi connectivity index (χ1n) is 11.0. The van der Waals surface area contributed by atoms with Crippen LogP contribution in [0.3, 0.4) is 0 Å². The normalized spacial score (nSPS) is 13.9. The second-order valence-corrected chi connectivity index (χ2v) is 10.9. The fourth-order valence-electron chi connectivity index (χ4n) is 3.51. The van der Waals surface area contributed by atoms with Gasteiger partial charge in [-0.1, -0.05) is 85.2 Å². The van der Waals surface area contributed by atoms with E-state index in [0.717, 1.165) is 30.3 Å². The number of hydrogen-bond donors (Lipinski definition) is 1. The Bertz CT molecular complexity index is 1280. The predicted octanol–water partition coefficient (Wildman–Crippen LogP) is 10.1. The molecule has 0 spiro atoms. The molecule has 1 atom stereocenters. The number of rotatable bonds is 8. The molecule has 2 aromatic carbocycles. The van der Waals surface area contributed by atoms with Gasteiger partial charge < -0.3 is 5.32 Å². The van der Waals surface area contributed by atoms with Crippen molar-refractivity contribution in [1.29, 1.82) is 0 Å². The molecule has 1 unspecified atom stereocenters. The maximum atomic E-state index is 13.9. The van der Waals surface area contributed by atoms with Crippen molar-refractivity contribution in [2.45, 2.75) is 44.7 Å². The average molecular weight is 659 g/mol. The van der Waals surface area contributed by atoms with Crippen LogP contribution in [0.15, 0.2) is 36.4 Å². The number of carbonyl (C=O) groups is 1. The molecule has 0 aliphatic heterocycles. The van der Waals surface area contributed by atoms with Crippen molar-refractivity contribution in [2.24, 2.45) is 5.41 Å². The summed E-state index contributed by atoms with van der Waals surface area (Å²) in [6, 6.07) is 4.13. The van der Waals surface area contributed by atoms with Gasteiger partial charge in [0.1, 0.15) is 6.54 Å². The van der Waals surface area contributed by atoms with Crippen LogP contribution >= 0.6 is 47.0 Å². The smallest absolute Gasteiger partial charge is 0.371 e. The van der Waals surface area contributed by atoms with Crippen LogP contribution in [0, 0.1) is 5.41 Å². The number of allylic oxidation sites excluding steroid dienone is 1. The van der Waals surface area contributed by atoms with E-state index in [1.54, 1.807) is 0 Å². The molecule has 0 saturated heterocycles. The highest BCUT2D eigenvalue weighted by molar-refractivity contribution is 7.80. The Balaban J connectivity index is 2.42. The summed E-state index contributed by atoms with van der Waals surface area (Å²) in [6.07, 6.45) is -13.9. The third-order valence-electron chi connectivity index (χ3n) is 5.52. The summed E-state index contributed by atoms with van der Waals surface area (Å²) in [7, 11) is 0. The molecule has 0 bridgehead atoms. The number of carbonyl (C=O) groups excluding carboxylic acids is 1. The lowest BCUT2D eigenvalue weighted by atomic mass is 9.84. The molecule has 1 N–H and O–H groups in total. The monoisotopic (exact) mass is 657 g/mol. The molecular formula is C25H19Cl3F9NOS. The molecule has 0 radical (unpaired) electrons. The predicted molar refractivity (Wildman–Crippen MR) is 140 cm³/mol. The van der Waals surface area contributed by atoms with Crippen LogP contribution in [0.4, 0.5) is 39.5 Å². The van der Waals surface area contributed by atoms with Crippen molar-refractivity contribution >= 4 is 63.9 Å². The van der Waals surface area contributed by atoms with Crippen LogP contribution < -0.4 is 5.32 Å². The van der Waals surface area contributed by atoms with Crippen LogP contribution in [0.25, 0.3) is 6.08 Å². The number of alkyl halides is 9. The number of halogens is 12. The van der Waals surface area contributed by atoms with Gasteiger partial charge >= 0.3 is 18.5 Å². The van der Waals surface area contributed by atoms with Crippen LogP contribution in [-0.2, 0) is 6.18 Å². The Morgan fingerprint density at radius 3 is 1.98 bits per heavy atom. The van der Waals surface area contributed by atoms with Gasteiger partial charge in [-0.3, -0.25) is 4.79 Å². The van der Waals surface area contributed by atoms with Gasteiger partial charge in [0, 0.05) is 17.4 Å². The SMILES string of the molecule is CC(C)(CC(=O)c1ccc(/C=C/C(c2cc(Cl)c(Cl)c(Cl)c2)C(F)(F)F)cc1C(F)(F)F)C(=S)NCC(F)(F)F. The molecule has 0 aromatic heterocycles. The summed E-state index contributed by atoms with van der Waals surface area (Å²) in [5, 5.41) is 1.25. The largest absolute Gasteiger partial charge is 0.417 e. The molecule has 0 heterocycles. The van der Waals surface area contributed by atoms with E-state index < -0.39 is 65.3 Å². The summed E-state index contributed by atoms with van der Waals surface area (Å²) in [6.45, 7) is 1.08. The molecule has 2 nitrogen and oxygen atoms in total. The third kappa shape index (κ3) is 9.25. The maximum absolute atomic E-state index is 13.9. The molecule has 2 rings (SSSR count). The Morgan fingerprint density at radius 2 is 1.50 bits per heavy atom. The second kappa shape index (κ2) is 12.5. The Morgan fingerprint density at radius 1 is 0.950 bits per heavy atom. The van der Waals surface area contributed by atoms with E-state index in [4.69, 9.17) is 47.0 Å². The van der Waals surface area contributed by atoms with Crippen molar-refractivity contribution in [2.75, 3.05) is 6.54 Å². The Hall–Kier alpha value is -2.02. The van der Waals surface area contributed by atoms with Crippen molar-refractivity contribution in [3.8, 4) is 0 Å². The molecular weight excluding hydrogens is 640 g/mol. The van der Waals surface area contributed by atoms with E-state index >= 15 is 0 Å². The van der Waals surface area contributed by atoms with Gasteiger partial charge in [-0.25, -0.2) is 0 Å². The first-order chi connectivity index (χ1) is 18.0. The van der Waals surface area contributed by atoms with Crippen LogP contribution in [0.1, 0.15) is 53.2 Å². The van der Waals surface area contributed by atoms with Crippen molar-refractivity contribution in [1.82, 2.24) is 5.32 Å². The summed E-state index contributed by atoms with van der Waals surface area (Å²) >= 11 is 22.3. The average Bonchev–Trinajstić information content (AvgIpc) is 2.78. The van der Waals surface area contributed by atoms with E-state index in [0.29, 0.717) is 12.1 Å². The van der Waals surface area contributed by atoms with Crippen LogP contribution in [0.2, 0.25) is 15.1 Å². The highest BCUT2D eigenvalue weighted by Gasteiger charge is 2.40. The maximum Gasteiger partial charge on any atom is 0.417 e. The minimum atomic E-state index is -5.09. The van der Waals surface area contributed by atoms with Crippen LogP contribution in [0.5, 0.6) is 0 Å². The summed E-state index contributed by atoms with van der Waals surface area (Å²) in [4.78, 5) is 12.4. The number of hydrogen-bond acceptors (Lipinski definition) is 2. The number of ketones is 1. The van der Waals surface area contributed by atoms with Crippen molar-refractivity contribution < 1.29 is 44.3 Å². The number of benzene rings is 2. The second-order valence-electron chi connectivity index (χ2n) is 9.26. The quantitative estimate of drug-likeness (QED) is 0.133. The number of Topliss-reactive ketones (excluding diaryl/α,β-unsaturated/α-hetero) is 1. The Kier molecular flexibility index (Phi) is 10.6. The molecule has 220 valence electrons. The van der Waals surface area contributed by atoms with Gasteiger partial charge in [-0.15, -0.1) is 0 Å². The number of nitrogens with one attached hydrogen (secondary N) is 1. The molecule has 15 heteroatoms. The molecule has 0 aliphatic rings. The molecule has 0 aliphatic carbocycles. The van der Waals surface area contributed by atoms with Gasteiger partial charge in [0.05, 0.1) is 31.5 Å². The highest BCUT2D eigenvalue weighted by atomic mass is 35.5. The number of thiocarbonyl (C=S) groups is 1. The Labute approximate surface area is 243 Å². The van der Waals surface area contributed by atoms with Crippen molar-refractivity contribution in [3.63, 3.8) is 0 Å². The molecule has 0 saturated carbocycles. The first kappa shape index (κ1) is 34.2. The van der Waals surface area contributed by atoms with Crippen molar-refractivity contribution in [3.05, 3.63) is 73.7 Å². The third-order valence-corrected chi connectivity index (χ3v) is 7.41. The first-order valence-corrected chi connectivity index (χ1v) is 12.6. The van der Waals surface area contributed by atoms with Gasteiger partial charge in [-0.2, -0.15) is 39.5 Å². The van der Waals surface area contributed by atoms with E-state index in [1.165, 1.54) is 13.8 Å². The van der Waals surface area contributed by atoms with Gasteiger partial charge in [0.15, 0.2) is 5.78 Å². The minimum absolute atomic E-state index is 0.174. The summed E-state index contributed by atoms with van der Waals surface area (Å²) in [5.74, 6) is -3.40. The fourth-order valence-corrected chi connectivity index (χ4v) is 4.27. The van der Waals surface area contributed by atoms with Gasteiger partial charge in [0.25, 0.3) is 0 Å². The lowest BCUT2D eigenvalue weighted by molar-refractivity contribution is -0.139. The zero-order valence-electron chi connectivity index (χ0n) is 20.4. The van der Waals surface area contributed by atoms with E-state index in [2.05, 4.69) is 0 Å². The highest BCUT2D eigenvalue weighted by Crippen LogP contribution is 2.41. The molecule has 40 heavy (non-hydrogen) atoms. The minimum Gasteiger partial charge on any atom is -0.371 e. The summed E-state index contributed by atoms with van der Waals surface area (Å²) < 4.78 is 120. The van der Waals surface area contributed by atoms with Crippen LogP contribution in [-0.4, -0.2) is 29.7 Å². The topological polar surface area (TPSA) is 29.1 Å². The van der Waals surface area contributed by atoms with Gasteiger partial charge in [-0.05, 0) is 29.3 Å². The zero-order valence-corrected chi connectivity index (χ0v) is 23.5. The van der Waals surface area contributed by atoms with E-state index in [1.807, 2.05) is 5.32 Å². The lowest BCUT2D eigenvalue weighted by Gasteiger charge is -2.27. The van der Waals surface area contributed by atoms with E-state index in [-0.39, 0.29) is 25.6 Å². The summed E-state index contributed by atoms with van der Waals surface area (Å²) in [5.41, 5.74) is -4.43. The van der Waals surface area contributed by atoms with E-state index in [9.17, 15) is 44.3 Å². The molecule has 0 amide bonds. The lowest BCUT2D eigenvalue weighted by Crippen LogP contribution is -2.41. The molecule has 2 aromatic rings.